The molecule has 2 saturated heterocycles. The van der Waals surface area contributed by atoms with E-state index in [2.05, 4.69) is 15.1 Å². The molecule has 0 saturated carbocycles. The number of piperidine rings is 1. The fourth-order valence-electron chi connectivity index (χ4n) is 4.82. The summed E-state index contributed by atoms with van der Waals surface area (Å²) in [5, 5.41) is 5.17. The lowest BCUT2D eigenvalue weighted by Gasteiger charge is -2.46. The van der Waals surface area contributed by atoms with E-state index in [1.807, 2.05) is 42.3 Å². The summed E-state index contributed by atoms with van der Waals surface area (Å²) in [5.74, 6) is 2.01. The summed E-state index contributed by atoms with van der Waals surface area (Å²) >= 11 is 0. The molecule has 7 heteroatoms. The molecule has 152 valence electrons. The van der Waals surface area contributed by atoms with Gasteiger partial charge in [0.05, 0.1) is 5.60 Å². The molecule has 2 aliphatic rings. The number of fused-ring (bicyclic) bond motifs is 1. The first-order chi connectivity index (χ1) is 14.1. The van der Waals surface area contributed by atoms with Crippen LogP contribution in [0.25, 0.3) is 10.9 Å². The lowest BCUT2D eigenvalue weighted by atomic mass is 9.78. The number of aromatic amines is 1. The predicted octanol–water partition coefficient (Wildman–Crippen LogP) is 3.50. The van der Waals surface area contributed by atoms with Crippen molar-refractivity contribution in [2.45, 2.75) is 44.6 Å². The number of aryl methyl sites for hydroxylation is 1. The van der Waals surface area contributed by atoms with Crippen LogP contribution >= 0.6 is 0 Å². The summed E-state index contributed by atoms with van der Waals surface area (Å²) in [6.07, 6.45) is 6.51. The van der Waals surface area contributed by atoms with Gasteiger partial charge in [0.15, 0.2) is 5.82 Å². The number of hydrogen-bond donors (Lipinski definition) is 1. The predicted molar refractivity (Wildman–Crippen MR) is 108 cm³/mol. The largest absolute Gasteiger partial charge is 0.375 e. The Morgan fingerprint density at radius 2 is 2.17 bits per heavy atom. The molecule has 1 spiro atoms. The number of H-pyrrole nitrogens is 1. The van der Waals surface area contributed by atoms with Gasteiger partial charge in [-0.05, 0) is 55.2 Å². The van der Waals surface area contributed by atoms with Crippen molar-refractivity contribution in [3.05, 3.63) is 47.7 Å². The number of carbonyl (C=O) groups excluding carboxylic acids is 1. The molecule has 3 aromatic rings. The SMILES string of the molecule is Cc1nc(CC2CCOC3(CCN(C(=O)c4ccc5cc[nH]c5c4)CC3)C2)no1. The molecule has 2 aromatic heterocycles. The Labute approximate surface area is 169 Å². The highest BCUT2D eigenvalue weighted by Crippen LogP contribution is 2.39. The Kier molecular flexibility index (Phi) is 4.62. The molecule has 5 rings (SSSR count). The summed E-state index contributed by atoms with van der Waals surface area (Å²) in [6, 6.07) is 7.88. The number of nitrogens with zero attached hydrogens (tertiary/aromatic N) is 3. The molecule has 1 N–H and O–H groups in total. The maximum atomic E-state index is 13.0. The van der Waals surface area contributed by atoms with Crippen molar-refractivity contribution in [1.82, 2.24) is 20.0 Å². The van der Waals surface area contributed by atoms with Gasteiger partial charge in [-0.3, -0.25) is 4.79 Å². The van der Waals surface area contributed by atoms with E-state index in [0.29, 0.717) is 11.8 Å². The number of aromatic nitrogens is 3. The van der Waals surface area contributed by atoms with Crippen molar-refractivity contribution in [1.29, 1.82) is 0 Å². The molecule has 29 heavy (non-hydrogen) atoms. The Hall–Kier alpha value is -2.67. The lowest BCUT2D eigenvalue weighted by molar-refractivity contribution is -0.123. The van der Waals surface area contributed by atoms with Crippen LogP contribution in [-0.4, -0.2) is 51.2 Å². The van der Waals surface area contributed by atoms with Crippen LogP contribution in [-0.2, 0) is 11.2 Å². The number of rotatable bonds is 3. The van der Waals surface area contributed by atoms with Crippen LogP contribution in [0.15, 0.2) is 35.0 Å². The van der Waals surface area contributed by atoms with Crippen molar-refractivity contribution in [3.63, 3.8) is 0 Å². The van der Waals surface area contributed by atoms with Gasteiger partial charge in [-0.25, -0.2) is 0 Å². The summed E-state index contributed by atoms with van der Waals surface area (Å²) in [4.78, 5) is 22.5. The molecule has 1 aromatic carbocycles. The number of benzene rings is 1. The quantitative estimate of drug-likeness (QED) is 0.735. The summed E-state index contributed by atoms with van der Waals surface area (Å²) in [6.45, 7) is 4.05. The van der Waals surface area contributed by atoms with Crippen molar-refractivity contribution in [3.8, 4) is 0 Å². The van der Waals surface area contributed by atoms with Gasteiger partial charge in [0.2, 0.25) is 5.89 Å². The van der Waals surface area contributed by atoms with E-state index in [4.69, 9.17) is 9.26 Å². The second-order valence-electron chi connectivity index (χ2n) is 8.40. The van der Waals surface area contributed by atoms with Gasteiger partial charge in [-0.1, -0.05) is 11.2 Å². The third-order valence-corrected chi connectivity index (χ3v) is 6.40. The van der Waals surface area contributed by atoms with E-state index < -0.39 is 0 Å². The van der Waals surface area contributed by atoms with E-state index in [1.165, 1.54) is 0 Å². The minimum atomic E-state index is -0.123. The first-order valence-electron chi connectivity index (χ1n) is 10.4. The zero-order valence-corrected chi connectivity index (χ0v) is 16.7. The van der Waals surface area contributed by atoms with Gasteiger partial charge in [-0.2, -0.15) is 4.98 Å². The Balaban J connectivity index is 1.22. The van der Waals surface area contributed by atoms with Crippen LogP contribution < -0.4 is 0 Å². The van der Waals surface area contributed by atoms with Gasteiger partial charge in [0, 0.05) is 50.3 Å². The first-order valence-corrected chi connectivity index (χ1v) is 10.4. The average Bonchev–Trinajstić information content (AvgIpc) is 3.36. The van der Waals surface area contributed by atoms with Gasteiger partial charge in [0.1, 0.15) is 0 Å². The van der Waals surface area contributed by atoms with E-state index >= 15 is 0 Å². The van der Waals surface area contributed by atoms with E-state index in [9.17, 15) is 4.79 Å². The summed E-state index contributed by atoms with van der Waals surface area (Å²) in [7, 11) is 0. The lowest BCUT2D eigenvalue weighted by Crippen LogP contribution is -2.51. The Morgan fingerprint density at radius 3 is 2.97 bits per heavy atom. The molecule has 4 heterocycles. The maximum absolute atomic E-state index is 13.0. The number of amides is 1. The minimum Gasteiger partial charge on any atom is -0.375 e. The normalized spacial score (nSPS) is 21.7. The highest BCUT2D eigenvalue weighted by atomic mass is 16.5. The van der Waals surface area contributed by atoms with Crippen molar-refractivity contribution in [2.75, 3.05) is 19.7 Å². The molecule has 0 bridgehead atoms. The van der Waals surface area contributed by atoms with Gasteiger partial charge >= 0.3 is 0 Å². The Bertz CT molecular complexity index is 1020. The van der Waals surface area contributed by atoms with E-state index in [0.717, 1.165) is 74.1 Å². The third-order valence-electron chi connectivity index (χ3n) is 6.40. The van der Waals surface area contributed by atoms with E-state index in [-0.39, 0.29) is 11.5 Å². The zero-order chi connectivity index (χ0) is 19.8. The maximum Gasteiger partial charge on any atom is 0.253 e. The zero-order valence-electron chi connectivity index (χ0n) is 16.7. The van der Waals surface area contributed by atoms with Gasteiger partial charge in [-0.15, -0.1) is 0 Å². The smallest absolute Gasteiger partial charge is 0.253 e. The fourth-order valence-corrected chi connectivity index (χ4v) is 4.82. The van der Waals surface area contributed by atoms with Crippen molar-refractivity contribution in [2.24, 2.45) is 5.92 Å². The topological polar surface area (TPSA) is 84.2 Å². The number of hydrogen-bond acceptors (Lipinski definition) is 5. The van der Waals surface area contributed by atoms with Crippen molar-refractivity contribution >= 4 is 16.8 Å². The number of ether oxygens (including phenoxy) is 1. The molecule has 1 amide bonds. The number of carbonyl (C=O) groups is 1. The summed E-state index contributed by atoms with van der Waals surface area (Å²) < 4.78 is 11.4. The van der Waals surface area contributed by atoms with E-state index in [1.54, 1.807) is 0 Å². The van der Waals surface area contributed by atoms with Crippen LogP contribution in [0.3, 0.4) is 0 Å². The Morgan fingerprint density at radius 1 is 1.31 bits per heavy atom. The second-order valence-corrected chi connectivity index (χ2v) is 8.40. The van der Waals surface area contributed by atoms with Gasteiger partial charge in [0.25, 0.3) is 5.91 Å². The molecule has 1 atom stereocenters. The molecule has 0 aliphatic carbocycles. The van der Waals surface area contributed by atoms with Crippen LogP contribution in [0.2, 0.25) is 0 Å². The van der Waals surface area contributed by atoms with Crippen molar-refractivity contribution < 1.29 is 14.1 Å². The first kappa shape index (κ1) is 18.4. The van der Waals surface area contributed by atoms with Crippen LogP contribution in [0.4, 0.5) is 0 Å². The molecular weight excluding hydrogens is 368 g/mol. The minimum absolute atomic E-state index is 0.103. The molecule has 0 radical (unpaired) electrons. The molecule has 2 fully saturated rings. The third kappa shape index (κ3) is 3.67. The van der Waals surface area contributed by atoms with Gasteiger partial charge < -0.3 is 19.1 Å². The summed E-state index contributed by atoms with van der Waals surface area (Å²) in [5.41, 5.74) is 1.62. The standard InChI is InChI=1S/C22H26N4O3/c1-15-24-20(25-29-15)12-16-5-11-28-22(14-16)6-9-26(10-7-22)21(27)18-3-2-17-4-8-23-19(17)13-18/h2-4,8,13,16,23H,5-7,9-12,14H2,1H3. The fraction of sp³-hybridized carbons (Fsp3) is 0.500. The molecule has 1 unspecified atom stereocenters. The number of likely N-dealkylation sites (tertiary alicyclic amines) is 1. The molecule has 7 nitrogen and oxygen atoms in total. The average molecular weight is 394 g/mol. The molecular formula is C22H26N4O3. The number of nitrogens with one attached hydrogen (secondary N) is 1. The van der Waals surface area contributed by atoms with Crippen LogP contribution in [0, 0.1) is 12.8 Å². The highest BCUT2D eigenvalue weighted by molar-refractivity contribution is 5.98. The highest BCUT2D eigenvalue weighted by Gasteiger charge is 2.41. The monoisotopic (exact) mass is 394 g/mol. The molecule has 2 aliphatic heterocycles. The van der Waals surface area contributed by atoms with Crippen LogP contribution in [0.1, 0.15) is 47.8 Å². The van der Waals surface area contributed by atoms with Crippen LogP contribution in [0.5, 0.6) is 0 Å². The second kappa shape index (κ2) is 7.30.